The Bertz CT molecular complexity index is 619. The number of amides is 2. The lowest BCUT2D eigenvalue weighted by molar-refractivity contribution is -0.146. The molecule has 1 N–H and O–H groups in total. The highest BCUT2D eigenvalue weighted by molar-refractivity contribution is 6.21. The number of esters is 1. The number of rotatable bonds is 9. The summed E-state index contributed by atoms with van der Waals surface area (Å²) in [6.45, 7) is -0.385. The summed E-state index contributed by atoms with van der Waals surface area (Å²) >= 11 is 0. The maximum Gasteiger partial charge on any atom is 0.307 e. The minimum Gasteiger partial charge on any atom is -0.481 e. The molecule has 0 aromatic heterocycles. The first-order valence-corrected chi connectivity index (χ1v) is 7.83. The summed E-state index contributed by atoms with van der Waals surface area (Å²) in [5.74, 6) is -2.23. The van der Waals surface area contributed by atoms with Gasteiger partial charge >= 0.3 is 11.9 Å². The minimum absolute atomic E-state index is 0.129. The van der Waals surface area contributed by atoms with Crippen LogP contribution in [0.3, 0.4) is 0 Å². The van der Waals surface area contributed by atoms with Gasteiger partial charge in [0.2, 0.25) is 0 Å². The zero-order valence-corrected chi connectivity index (χ0v) is 13.2. The van der Waals surface area contributed by atoms with Gasteiger partial charge in [0, 0.05) is 12.8 Å². The second-order valence-electron chi connectivity index (χ2n) is 5.54. The molecule has 0 radical (unpaired) electrons. The summed E-state index contributed by atoms with van der Waals surface area (Å²) in [5, 5.41) is 8.51. The Labute approximate surface area is 139 Å². The monoisotopic (exact) mass is 333 g/mol. The smallest absolute Gasteiger partial charge is 0.307 e. The topological polar surface area (TPSA) is 101 Å². The van der Waals surface area contributed by atoms with Gasteiger partial charge in [-0.15, -0.1) is 0 Å². The molecule has 2 amide bonds. The van der Waals surface area contributed by atoms with Gasteiger partial charge in [0.25, 0.3) is 11.8 Å². The Morgan fingerprint density at radius 3 is 2.00 bits per heavy atom. The molecule has 24 heavy (non-hydrogen) atoms. The third-order valence-electron chi connectivity index (χ3n) is 3.75. The van der Waals surface area contributed by atoms with Crippen LogP contribution < -0.4 is 0 Å². The van der Waals surface area contributed by atoms with E-state index >= 15 is 0 Å². The first kappa shape index (κ1) is 17.7. The molecule has 1 aliphatic heterocycles. The van der Waals surface area contributed by atoms with Crippen molar-refractivity contribution in [3.63, 3.8) is 0 Å². The molecule has 1 aromatic rings. The van der Waals surface area contributed by atoms with E-state index in [2.05, 4.69) is 0 Å². The molecule has 0 saturated heterocycles. The fourth-order valence-corrected chi connectivity index (χ4v) is 2.46. The number of hydrogen-bond acceptors (Lipinski definition) is 5. The molecule has 0 saturated carbocycles. The average molecular weight is 333 g/mol. The molecule has 0 fully saturated rings. The molecule has 7 nitrogen and oxygen atoms in total. The van der Waals surface area contributed by atoms with Crippen molar-refractivity contribution in [3.05, 3.63) is 35.4 Å². The normalized spacial score (nSPS) is 13.1. The molecule has 1 aromatic carbocycles. The molecule has 1 aliphatic rings. The van der Waals surface area contributed by atoms with Crippen LogP contribution in [-0.2, 0) is 14.3 Å². The van der Waals surface area contributed by atoms with Crippen molar-refractivity contribution in [2.24, 2.45) is 0 Å². The van der Waals surface area contributed by atoms with Crippen LogP contribution in [-0.4, -0.2) is 40.5 Å². The van der Waals surface area contributed by atoms with E-state index in [4.69, 9.17) is 9.84 Å². The number of carboxylic acid groups (broad SMARTS) is 1. The summed E-state index contributed by atoms with van der Waals surface area (Å²) in [4.78, 5) is 47.1. The molecular formula is C17H19NO6. The quantitative estimate of drug-likeness (QED) is 0.422. The van der Waals surface area contributed by atoms with Crippen molar-refractivity contribution < 1.29 is 29.0 Å². The van der Waals surface area contributed by atoms with E-state index in [0.29, 0.717) is 24.0 Å². The lowest BCUT2D eigenvalue weighted by atomic mass is 10.1. The van der Waals surface area contributed by atoms with Gasteiger partial charge in [-0.2, -0.15) is 0 Å². The molecule has 0 atom stereocenters. The van der Waals surface area contributed by atoms with E-state index in [1.165, 1.54) is 0 Å². The van der Waals surface area contributed by atoms with E-state index in [9.17, 15) is 19.2 Å². The largest absolute Gasteiger partial charge is 0.481 e. The van der Waals surface area contributed by atoms with Crippen LogP contribution >= 0.6 is 0 Å². The van der Waals surface area contributed by atoms with Crippen molar-refractivity contribution >= 4 is 23.8 Å². The molecule has 7 heteroatoms. The van der Waals surface area contributed by atoms with Crippen molar-refractivity contribution in [1.29, 1.82) is 0 Å². The van der Waals surface area contributed by atoms with Crippen molar-refractivity contribution in [2.45, 2.75) is 38.5 Å². The van der Waals surface area contributed by atoms with E-state index in [-0.39, 0.29) is 19.6 Å². The lowest BCUT2D eigenvalue weighted by Crippen LogP contribution is -2.33. The number of benzene rings is 1. The van der Waals surface area contributed by atoms with Gasteiger partial charge in [-0.3, -0.25) is 19.2 Å². The van der Waals surface area contributed by atoms with Crippen LogP contribution in [0.1, 0.15) is 59.2 Å². The Kier molecular flexibility index (Phi) is 6.06. The van der Waals surface area contributed by atoms with Crippen LogP contribution in [0.2, 0.25) is 0 Å². The number of aliphatic carboxylic acids is 1. The number of imide groups is 1. The zero-order chi connectivity index (χ0) is 17.5. The summed E-state index contributed by atoms with van der Waals surface area (Å²) < 4.78 is 4.99. The SMILES string of the molecule is O=C(O)CCCCCCC(=O)OCN1C(=O)c2ccccc2C1=O. The van der Waals surface area contributed by atoms with Crippen LogP contribution in [0.5, 0.6) is 0 Å². The Balaban J connectivity index is 1.69. The number of carbonyl (C=O) groups is 4. The summed E-state index contributed by atoms with van der Waals surface area (Å²) in [6, 6.07) is 6.47. The standard InChI is InChI=1S/C17H19NO6/c19-14(20)9-3-1-2-4-10-15(21)24-11-18-16(22)12-7-5-6-8-13(12)17(18)23/h5-8H,1-4,9-11H2,(H,19,20). The van der Waals surface area contributed by atoms with Gasteiger partial charge in [-0.1, -0.05) is 25.0 Å². The summed E-state index contributed by atoms with van der Waals surface area (Å²) in [5.41, 5.74) is 0.633. The van der Waals surface area contributed by atoms with E-state index in [1.54, 1.807) is 24.3 Å². The molecule has 1 heterocycles. The van der Waals surface area contributed by atoms with Gasteiger partial charge in [0.15, 0.2) is 6.73 Å². The molecule has 0 aliphatic carbocycles. The van der Waals surface area contributed by atoms with E-state index < -0.39 is 23.8 Å². The van der Waals surface area contributed by atoms with E-state index in [0.717, 1.165) is 17.7 Å². The maximum atomic E-state index is 12.1. The second kappa shape index (κ2) is 8.24. The molecular weight excluding hydrogens is 314 g/mol. The molecule has 128 valence electrons. The second-order valence-corrected chi connectivity index (χ2v) is 5.54. The number of carboxylic acids is 1. The summed E-state index contributed by atoms with van der Waals surface area (Å²) in [7, 11) is 0. The first-order valence-electron chi connectivity index (χ1n) is 7.83. The number of carbonyl (C=O) groups excluding carboxylic acids is 3. The van der Waals surface area contributed by atoms with Gasteiger partial charge in [-0.05, 0) is 25.0 Å². The number of hydrogen-bond donors (Lipinski definition) is 1. The molecule has 0 bridgehead atoms. The molecule has 0 spiro atoms. The van der Waals surface area contributed by atoms with Gasteiger partial charge in [-0.25, -0.2) is 4.90 Å². The van der Waals surface area contributed by atoms with Crippen molar-refractivity contribution in [2.75, 3.05) is 6.73 Å². The summed E-state index contributed by atoms with van der Waals surface area (Å²) in [6.07, 6.45) is 2.94. The molecule has 2 rings (SSSR count). The number of nitrogens with zero attached hydrogens (tertiary/aromatic N) is 1. The number of ether oxygens (including phenoxy) is 1. The third kappa shape index (κ3) is 4.41. The van der Waals surface area contributed by atoms with Crippen molar-refractivity contribution in [1.82, 2.24) is 4.90 Å². The Hall–Kier alpha value is -2.70. The van der Waals surface area contributed by atoms with Crippen molar-refractivity contribution in [3.8, 4) is 0 Å². The Morgan fingerprint density at radius 2 is 1.46 bits per heavy atom. The van der Waals surface area contributed by atoms with Crippen LogP contribution in [0.15, 0.2) is 24.3 Å². The fraction of sp³-hybridized carbons (Fsp3) is 0.412. The van der Waals surface area contributed by atoms with Crippen LogP contribution in [0.4, 0.5) is 0 Å². The van der Waals surface area contributed by atoms with Crippen LogP contribution in [0.25, 0.3) is 0 Å². The maximum absolute atomic E-state index is 12.1. The van der Waals surface area contributed by atoms with Gasteiger partial charge in [0.1, 0.15) is 0 Å². The Morgan fingerprint density at radius 1 is 0.917 bits per heavy atom. The highest BCUT2D eigenvalue weighted by Crippen LogP contribution is 2.22. The van der Waals surface area contributed by atoms with Gasteiger partial charge in [0.05, 0.1) is 11.1 Å². The predicted octanol–water partition coefficient (Wildman–Crippen LogP) is 2.21. The third-order valence-corrected chi connectivity index (χ3v) is 3.75. The van der Waals surface area contributed by atoms with E-state index in [1.807, 2.05) is 0 Å². The van der Waals surface area contributed by atoms with Gasteiger partial charge < -0.3 is 9.84 Å². The van der Waals surface area contributed by atoms with Crippen LogP contribution in [0, 0.1) is 0 Å². The number of unbranched alkanes of at least 4 members (excludes halogenated alkanes) is 3. The first-order chi connectivity index (χ1) is 11.5. The highest BCUT2D eigenvalue weighted by atomic mass is 16.5. The number of fused-ring (bicyclic) bond motifs is 1. The minimum atomic E-state index is -0.824. The fourth-order valence-electron chi connectivity index (χ4n) is 2.46. The zero-order valence-electron chi connectivity index (χ0n) is 13.2. The predicted molar refractivity (Wildman–Crippen MR) is 83.2 cm³/mol. The molecule has 0 unspecified atom stereocenters. The highest BCUT2D eigenvalue weighted by Gasteiger charge is 2.35. The lowest BCUT2D eigenvalue weighted by Gasteiger charge is -2.13. The average Bonchev–Trinajstić information content (AvgIpc) is 2.80.